The maximum absolute atomic E-state index is 12.9. The maximum Gasteiger partial charge on any atom is 0.259 e. The molecule has 10 heteroatoms. The van der Waals surface area contributed by atoms with E-state index in [1.807, 2.05) is 0 Å². The molecule has 0 aliphatic carbocycles. The van der Waals surface area contributed by atoms with Crippen LogP contribution in [0.1, 0.15) is 29.6 Å². The number of halogens is 2. The van der Waals surface area contributed by atoms with Crippen LogP contribution in [0.4, 0.5) is 5.13 Å². The molecule has 1 saturated heterocycles. The van der Waals surface area contributed by atoms with Crippen molar-refractivity contribution >= 4 is 55.6 Å². The molecule has 0 bridgehead atoms. The van der Waals surface area contributed by atoms with E-state index < -0.39 is 15.9 Å². The summed E-state index contributed by atoms with van der Waals surface area (Å²) in [6, 6.07) is 2.52. The molecular weight excluding hydrogens is 405 g/mol. The number of thiazole rings is 1. The highest BCUT2D eigenvalue weighted by Crippen LogP contribution is 2.32. The highest BCUT2D eigenvalue weighted by molar-refractivity contribution is 7.89. The first kappa shape index (κ1) is 18.6. The molecule has 1 aromatic heterocycles. The van der Waals surface area contributed by atoms with Gasteiger partial charge in [0, 0.05) is 24.7 Å². The van der Waals surface area contributed by atoms with Crippen molar-refractivity contribution in [3.8, 4) is 0 Å². The lowest BCUT2D eigenvalue weighted by Gasteiger charge is -2.26. The van der Waals surface area contributed by atoms with Gasteiger partial charge in [0.1, 0.15) is 4.90 Å². The largest absolute Gasteiger partial charge is 0.298 e. The highest BCUT2D eigenvalue weighted by atomic mass is 35.5. The number of nitrogens with one attached hydrogen (secondary N) is 1. The molecule has 0 spiro atoms. The number of hydrogen-bond donors (Lipinski definition) is 1. The minimum Gasteiger partial charge on any atom is -0.298 e. The van der Waals surface area contributed by atoms with Gasteiger partial charge in [-0.3, -0.25) is 10.1 Å². The smallest absolute Gasteiger partial charge is 0.259 e. The van der Waals surface area contributed by atoms with Crippen LogP contribution < -0.4 is 5.32 Å². The predicted molar refractivity (Wildman–Crippen MR) is 99.1 cm³/mol. The van der Waals surface area contributed by atoms with Crippen LogP contribution in [0.2, 0.25) is 10.0 Å². The first-order valence-electron chi connectivity index (χ1n) is 7.59. The van der Waals surface area contributed by atoms with Crippen LogP contribution >= 0.6 is 34.5 Å². The van der Waals surface area contributed by atoms with Gasteiger partial charge >= 0.3 is 0 Å². The van der Waals surface area contributed by atoms with Crippen LogP contribution in [-0.2, 0) is 10.0 Å². The average molecular weight is 420 g/mol. The fourth-order valence-electron chi connectivity index (χ4n) is 2.59. The topological polar surface area (TPSA) is 79.4 Å². The SMILES string of the molecule is O=C(Nc1nccs1)c1cc(S(=O)(=O)N2CCCCC2)c(Cl)cc1Cl. The number of carbonyl (C=O) groups excluding carboxylic acids is 1. The number of aromatic nitrogens is 1. The highest BCUT2D eigenvalue weighted by Gasteiger charge is 2.29. The van der Waals surface area contributed by atoms with Gasteiger partial charge < -0.3 is 0 Å². The molecule has 25 heavy (non-hydrogen) atoms. The van der Waals surface area contributed by atoms with Crippen LogP contribution in [-0.4, -0.2) is 36.7 Å². The van der Waals surface area contributed by atoms with Gasteiger partial charge in [0.25, 0.3) is 5.91 Å². The Hall–Kier alpha value is -1.19. The second-order valence-corrected chi connectivity index (χ2v) is 9.13. The summed E-state index contributed by atoms with van der Waals surface area (Å²) in [4.78, 5) is 16.3. The lowest BCUT2D eigenvalue weighted by Crippen LogP contribution is -2.35. The molecule has 0 unspecified atom stereocenters. The maximum atomic E-state index is 12.9. The van der Waals surface area contributed by atoms with E-state index in [4.69, 9.17) is 23.2 Å². The summed E-state index contributed by atoms with van der Waals surface area (Å²) >= 11 is 13.5. The van der Waals surface area contributed by atoms with E-state index in [0.717, 1.165) is 19.3 Å². The second-order valence-electron chi connectivity index (χ2n) is 5.52. The van der Waals surface area contributed by atoms with Crippen molar-refractivity contribution < 1.29 is 13.2 Å². The quantitative estimate of drug-likeness (QED) is 0.814. The molecule has 1 aliphatic heterocycles. The molecule has 0 saturated carbocycles. The van der Waals surface area contributed by atoms with Crippen molar-refractivity contribution in [1.29, 1.82) is 0 Å². The lowest BCUT2D eigenvalue weighted by molar-refractivity contribution is 0.102. The summed E-state index contributed by atoms with van der Waals surface area (Å²) in [5.74, 6) is -0.535. The van der Waals surface area contributed by atoms with E-state index >= 15 is 0 Å². The number of amides is 1. The van der Waals surface area contributed by atoms with Gasteiger partial charge in [-0.05, 0) is 25.0 Å². The second kappa shape index (κ2) is 7.59. The van der Waals surface area contributed by atoms with Gasteiger partial charge in [-0.1, -0.05) is 29.6 Å². The van der Waals surface area contributed by atoms with Crippen molar-refractivity contribution in [2.24, 2.45) is 0 Å². The molecule has 3 rings (SSSR count). The fraction of sp³-hybridized carbons (Fsp3) is 0.333. The Bertz CT molecular complexity index is 880. The van der Waals surface area contributed by atoms with E-state index in [-0.39, 0.29) is 20.5 Å². The van der Waals surface area contributed by atoms with E-state index in [9.17, 15) is 13.2 Å². The van der Waals surface area contributed by atoms with E-state index in [1.165, 1.54) is 27.8 Å². The summed E-state index contributed by atoms with van der Waals surface area (Å²) in [5.41, 5.74) is 0.0388. The van der Waals surface area contributed by atoms with Crippen LogP contribution in [0.5, 0.6) is 0 Å². The predicted octanol–water partition coefficient (Wildman–Crippen LogP) is 3.88. The normalized spacial score (nSPS) is 15.9. The Morgan fingerprint density at radius 2 is 1.88 bits per heavy atom. The summed E-state index contributed by atoms with van der Waals surface area (Å²) in [6.07, 6.45) is 4.17. The third-order valence-corrected chi connectivity index (χ3v) is 7.22. The molecule has 6 nitrogen and oxygen atoms in total. The fourth-order valence-corrected chi connectivity index (χ4v) is 5.47. The zero-order valence-corrected chi connectivity index (χ0v) is 16.2. The number of sulfonamides is 1. The molecule has 134 valence electrons. The zero-order chi connectivity index (χ0) is 18.0. The average Bonchev–Trinajstić information content (AvgIpc) is 3.08. The number of carbonyl (C=O) groups is 1. The molecule has 2 aromatic rings. The van der Waals surface area contributed by atoms with Crippen LogP contribution in [0.15, 0.2) is 28.6 Å². The zero-order valence-electron chi connectivity index (χ0n) is 13.0. The van der Waals surface area contributed by atoms with Crippen molar-refractivity contribution in [2.45, 2.75) is 24.2 Å². The van der Waals surface area contributed by atoms with Gasteiger partial charge in [-0.15, -0.1) is 11.3 Å². The van der Waals surface area contributed by atoms with E-state index in [2.05, 4.69) is 10.3 Å². The Kier molecular flexibility index (Phi) is 5.65. The molecule has 1 N–H and O–H groups in total. The lowest BCUT2D eigenvalue weighted by atomic mass is 10.2. The van der Waals surface area contributed by atoms with Crippen LogP contribution in [0.25, 0.3) is 0 Å². The van der Waals surface area contributed by atoms with E-state index in [0.29, 0.717) is 18.2 Å². The third kappa shape index (κ3) is 3.98. The molecule has 0 atom stereocenters. The third-order valence-electron chi connectivity index (χ3n) is 3.85. The van der Waals surface area contributed by atoms with Gasteiger partial charge in [-0.2, -0.15) is 4.31 Å². The Morgan fingerprint density at radius 3 is 2.52 bits per heavy atom. The van der Waals surface area contributed by atoms with Crippen molar-refractivity contribution in [2.75, 3.05) is 18.4 Å². The molecular formula is C15H15Cl2N3O3S2. The summed E-state index contributed by atoms with van der Waals surface area (Å²) < 4.78 is 27.1. The molecule has 1 aliphatic rings. The minimum atomic E-state index is -3.78. The summed E-state index contributed by atoms with van der Waals surface area (Å²) in [6.45, 7) is 0.893. The number of anilines is 1. The van der Waals surface area contributed by atoms with Crippen molar-refractivity contribution in [3.05, 3.63) is 39.3 Å². The Labute approximate surface area is 159 Å². The Balaban J connectivity index is 1.96. The summed E-state index contributed by atoms with van der Waals surface area (Å²) in [7, 11) is -3.78. The van der Waals surface area contributed by atoms with Crippen LogP contribution in [0.3, 0.4) is 0 Å². The Morgan fingerprint density at radius 1 is 1.16 bits per heavy atom. The first-order valence-corrected chi connectivity index (χ1v) is 10.7. The van der Waals surface area contributed by atoms with Crippen molar-refractivity contribution in [1.82, 2.24) is 9.29 Å². The number of hydrogen-bond acceptors (Lipinski definition) is 5. The number of benzene rings is 1. The molecule has 0 radical (unpaired) electrons. The molecule has 1 amide bonds. The first-order chi connectivity index (χ1) is 11.9. The number of nitrogens with zero attached hydrogens (tertiary/aromatic N) is 2. The van der Waals surface area contributed by atoms with Gasteiger partial charge in [0.2, 0.25) is 10.0 Å². The van der Waals surface area contributed by atoms with Crippen molar-refractivity contribution in [3.63, 3.8) is 0 Å². The summed E-state index contributed by atoms with van der Waals surface area (Å²) in [5, 5.41) is 4.78. The van der Waals surface area contributed by atoms with Gasteiger partial charge in [0.15, 0.2) is 5.13 Å². The molecule has 1 fully saturated rings. The minimum absolute atomic E-state index is 0.00127. The number of rotatable bonds is 4. The molecule has 1 aromatic carbocycles. The number of piperidine rings is 1. The molecule has 2 heterocycles. The van der Waals surface area contributed by atoms with Crippen LogP contribution in [0, 0.1) is 0 Å². The standard InChI is InChI=1S/C15H15Cl2N3O3S2/c16-11-9-12(17)13(25(22,23)20-5-2-1-3-6-20)8-10(11)14(21)19-15-18-4-7-24-15/h4,7-9H,1-3,5-6H2,(H,18,19,21). The van der Waals surface area contributed by atoms with E-state index in [1.54, 1.807) is 11.6 Å². The monoisotopic (exact) mass is 419 g/mol. The van der Waals surface area contributed by atoms with Gasteiger partial charge in [0.05, 0.1) is 15.6 Å². The van der Waals surface area contributed by atoms with Gasteiger partial charge in [-0.25, -0.2) is 13.4 Å².